The number of methoxy groups -OCH3 is 1. The predicted octanol–water partition coefficient (Wildman–Crippen LogP) is 4.31. The van der Waals surface area contributed by atoms with E-state index in [9.17, 15) is 4.79 Å². The molecule has 0 radical (unpaired) electrons. The van der Waals surface area contributed by atoms with Gasteiger partial charge >= 0.3 is 0 Å². The molecule has 0 spiro atoms. The van der Waals surface area contributed by atoms with E-state index in [1.165, 1.54) is 11.1 Å². The van der Waals surface area contributed by atoms with Gasteiger partial charge in [-0.25, -0.2) is 0 Å². The number of para-hydroxylation sites is 1. The molecule has 0 saturated carbocycles. The molecule has 28 heavy (non-hydrogen) atoms. The van der Waals surface area contributed by atoms with Gasteiger partial charge < -0.3 is 10.1 Å². The highest BCUT2D eigenvalue weighted by atomic mass is 35.5. The number of amides is 1. The van der Waals surface area contributed by atoms with Crippen molar-refractivity contribution in [2.24, 2.45) is 5.92 Å². The number of hydrogen-bond acceptors (Lipinski definition) is 3. The summed E-state index contributed by atoms with van der Waals surface area (Å²) in [4.78, 5) is 14.9. The molecule has 5 heteroatoms. The highest BCUT2D eigenvalue weighted by Crippen LogP contribution is 2.21. The number of carbonyl (C=O) groups is 1. The second kappa shape index (κ2) is 10.5. The van der Waals surface area contributed by atoms with Crippen LogP contribution >= 0.6 is 11.6 Å². The average Bonchev–Trinajstić information content (AvgIpc) is 2.72. The molecule has 1 N–H and O–H groups in total. The minimum absolute atomic E-state index is 0.127. The van der Waals surface area contributed by atoms with E-state index in [-0.39, 0.29) is 11.8 Å². The van der Waals surface area contributed by atoms with Gasteiger partial charge in [-0.2, -0.15) is 0 Å². The smallest absolute Gasteiger partial charge is 0.223 e. The van der Waals surface area contributed by atoms with Crippen molar-refractivity contribution >= 4 is 17.5 Å². The van der Waals surface area contributed by atoms with Gasteiger partial charge in [0.05, 0.1) is 7.11 Å². The zero-order valence-electron chi connectivity index (χ0n) is 16.5. The topological polar surface area (TPSA) is 41.6 Å². The normalized spacial score (nSPS) is 15.4. The van der Waals surface area contributed by atoms with E-state index < -0.39 is 0 Å². The standard InChI is InChI=1S/C23H29ClN2O2/c1-28-22-10-3-2-7-19(22)8-5-13-25-23(27)20-11-14-26(15-12-20)17-18-6-4-9-21(24)16-18/h2-4,6-7,9-10,16,20H,5,8,11-15,17H2,1H3,(H,25,27). The maximum Gasteiger partial charge on any atom is 0.223 e. The van der Waals surface area contributed by atoms with Gasteiger partial charge in [-0.15, -0.1) is 0 Å². The monoisotopic (exact) mass is 400 g/mol. The van der Waals surface area contributed by atoms with Gasteiger partial charge in [-0.1, -0.05) is 41.9 Å². The fourth-order valence-corrected chi connectivity index (χ4v) is 4.00. The number of carbonyl (C=O) groups excluding carboxylic acids is 1. The summed E-state index contributed by atoms with van der Waals surface area (Å²) in [6, 6.07) is 16.1. The van der Waals surface area contributed by atoms with Crippen LogP contribution in [0.5, 0.6) is 5.75 Å². The molecule has 0 aliphatic carbocycles. The Morgan fingerprint density at radius 2 is 1.96 bits per heavy atom. The van der Waals surface area contributed by atoms with Crippen molar-refractivity contribution in [3.05, 3.63) is 64.7 Å². The molecule has 150 valence electrons. The lowest BCUT2D eigenvalue weighted by Crippen LogP contribution is -2.40. The summed E-state index contributed by atoms with van der Waals surface area (Å²) in [5.74, 6) is 1.24. The van der Waals surface area contributed by atoms with Crippen LogP contribution in [-0.2, 0) is 17.8 Å². The van der Waals surface area contributed by atoms with Crippen molar-refractivity contribution in [2.45, 2.75) is 32.2 Å². The molecule has 1 saturated heterocycles. The molecule has 1 aliphatic heterocycles. The molecule has 2 aromatic rings. The number of hydrogen-bond donors (Lipinski definition) is 1. The third kappa shape index (κ3) is 5.98. The highest BCUT2D eigenvalue weighted by molar-refractivity contribution is 6.30. The zero-order chi connectivity index (χ0) is 19.8. The van der Waals surface area contributed by atoms with Gasteiger partial charge in [-0.3, -0.25) is 9.69 Å². The number of rotatable bonds is 8. The summed E-state index contributed by atoms with van der Waals surface area (Å²) in [7, 11) is 1.69. The maximum atomic E-state index is 12.5. The summed E-state index contributed by atoms with van der Waals surface area (Å²) < 4.78 is 5.38. The maximum absolute atomic E-state index is 12.5. The molecule has 0 aromatic heterocycles. The molecular formula is C23H29ClN2O2. The number of ether oxygens (including phenoxy) is 1. The van der Waals surface area contributed by atoms with Crippen LogP contribution in [0.25, 0.3) is 0 Å². The van der Waals surface area contributed by atoms with Crippen LogP contribution in [0, 0.1) is 5.92 Å². The molecule has 0 atom stereocenters. The summed E-state index contributed by atoms with van der Waals surface area (Å²) in [5, 5.41) is 3.89. The number of nitrogens with zero attached hydrogens (tertiary/aromatic N) is 1. The third-order valence-corrected chi connectivity index (χ3v) is 5.60. The lowest BCUT2D eigenvalue weighted by molar-refractivity contribution is -0.126. The van der Waals surface area contributed by atoms with Gasteiger partial charge in [0.15, 0.2) is 0 Å². The Kier molecular flexibility index (Phi) is 7.75. The number of nitrogens with one attached hydrogen (secondary N) is 1. The highest BCUT2D eigenvalue weighted by Gasteiger charge is 2.24. The molecule has 0 unspecified atom stereocenters. The fraction of sp³-hybridized carbons (Fsp3) is 0.435. The number of likely N-dealkylation sites (tertiary alicyclic amines) is 1. The van der Waals surface area contributed by atoms with Crippen LogP contribution in [-0.4, -0.2) is 37.6 Å². The first-order valence-electron chi connectivity index (χ1n) is 10.0. The first-order valence-corrected chi connectivity index (χ1v) is 10.4. The molecule has 4 nitrogen and oxygen atoms in total. The van der Waals surface area contributed by atoms with E-state index in [0.717, 1.165) is 56.1 Å². The Morgan fingerprint density at radius 1 is 1.18 bits per heavy atom. The van der Waals surface area contributed by atoms with E-state index in [1.54, 1.807) is 7.11 Å². The van der Waals surface area contributed by atoms with E-state index in [1.807, 2.05) is 36.4 Å². The summed E-state index contributed by atoms with van der Waals surface area (Å²) in [6.45, 7) is 3.51. The van der Waals surface area contributed by atoms with Crippen molar-refractivity contribution in [3.63, 3.8) is 0 Å². The molecule has 1 aliphatic rings. The van der Waals surface area contributed by atoms with Crippen molar-refractivity contribution in [3.8, 4) is 5.75 Å². The quantitative estimate of drug-likeness (QED) is 0.671. The Balaban J connectivity index is 1.36. The van der Waals surface area contributed by atoms with Gasteiger partial charge in [0, 0.05) is 24.0 Å². The molecule has 0 bridgehead atoms. The Labute approximate surface area is 172 Å². The van der Waals surface area contributed by atoms with Crippen LogP contribution < -0.4 is 10.1 Å². The predicted molar refractivity (Wildman–Crippen MR) is 114 cm³/mol. The van der Waals surface area contributed by atoms with Crippen molar-refractivity contribution < 1.29 is 9.53 Å². The van der Waals surface area contributed by atoms with Crippen LogP contribution in [0.4, 0.5) is 0 Å². The summed E-state index contributed by atoms with van der Waals surface area (Å²) in [5.41, 5.74) is 2.42. The zero-order valence-corrected chi connectivity index (χ0v) is 17.3. The minimum Gasteiger partial charge on any atom is -0.496 e. The second-order valence-corrected chi connectivity index (χ2v) is 7.82. The first-order chi connectivity index (χ1) is 13.7. The minimum atomic E-state index is 0.127. The lowest BCUT2D eigenvalue weighted by Gasteiger charge is -2.31. The van der Waals surface area contributed by atoms with Crippen LogP contribution in [0.1, 0.15) is 30.4 Å². The van der Waals surface area contributed by atoms with E-state index in [0.29, 0.717) is 6.54 Å². The van der Waals surface area contributed by atoms with Crippen LogP contribution in [0.15, 0.2) is 48.5 Å². The molecular weight excluding hydrogens is 372 g/mol. The summed E-state index contributed by atoms with van der Waals surface area (Å²) in [6.07, 6.45) is 3.65. The van der Waals surface area contributed by atoms with Crippen molar-refractivity contribution in [2.75, 3.05) is 26.7 Å². The Bertz CT molecular complexity index is 773. The average molecular weight is 401 g/mol. The Hall–Kier alpha value is -2.04. The molecule has 3 rings (SSSR count). The van der Waals surface area contributed by atoms with Gasteiger partial charge in [0.25, 0.3) is 0 Å². The van der Waals surface area contributed by atoms with Gasteiger partial charge in [-0.05, 0) is 68.1 Å². The number of aryl methyl sites for hydroxylation is 1. The number of benzene rings is 2. The van der Waals surface area contributed by atoms with E-state index >= 15 is 0 Å². The number of halogens is 1. The van der Waals surface area contributed by atoms with Gasteiger partial charge in [0.1, 0.15) is 5.75 Å². The SMILES string of the molecule is COc1ccccc1CCCNC(=O)C1CCN(Cc2cccc(Cl)c2)CC1. The fourth-order valence-electron chi connectivity index (χ4n) is 3.79. The first kappa shape index (κ1) is 20.7. The second-order valence-electron chi connectivity index (χ2n) is 7.39. The molecule has 1 fully saturated rings. The van der Waals surface area contributed by atoms with E-state index in [4.69, 9.17) is 16.3 Å². The van der Waals surface area contributed by atoms with Crippen LogP contribution in [0.2, 0.25) is 5.02 Å². The van der Waals surface area contributed by atoms with Crippen molar-refractivity contribution in [1.82, 2.24) is 10.2 Å². The van der Waals surface area contributed by atoms with Crippen molar-refractivity contribution in [1.29, 1.82) is 0 Å². The van der Waals surface area contributed by atoms with Crippen LogP contribution in [0.3, 0.4) is 0 Å². The number of piperidine rings is 1. The Morgan fingerprint density at radius 3 is 2.71 bits per heavy atom. The molecule has 2 aromatic carbocycles. The van der Waals surface area contributed by atoms with Gasteiger partial charge in [0.2, 0.25) is 5.91 Å². The largest absolute Gasteiger partial charge is 0.496 e. The molecule has 1 amide bonds. The molecule has 1 heterocycles. The van der Waals surface area contributed by atoms with E-state index in [2.05, 4.69) is 22.3 Å². The third-order valence-electron chi connectivity index (χ3n) is 5.37. The lowest BCUT2D eigenvalue weighted by atomic mass is 9.95. The summed E-state index contributed by atoms with van der Waals surface area (Å²) >= 11 is 6.07.